The Balaban J connectivity index is 1.11. The minimum Gasteiger partial charge on any atom is -0.871 e. The van der Waals surface area contributed by atoms with Crippen LogP contribution in [0, 0.1) is 0 Å². The fourth-order valence-electron chi connectivity index (χ4n) is 13.6. The molecule has 0 amide bonds. The highest BCUT2D eigenvalue weighted by Gasteiger charge is 2.40. The fourth-order valence-corrected chi connectivity index (χ4v) is 13.6. The molecule has 8 heteroatoms. The zero-order chi connectivity index (χ0) is 66.3. The lowest BCUT2D eigenvalue weighted by atomic mass is 9.78. The monoisotopic (exact) mass is 1280 g/mol. The van der Waals surface area contributed by atoms with Crippen LogP contribution in [-0.2, 0) is 14.3 Å². The molecule has 96 heavy (non-hydrogen) atoms. The third-order valence-electron chi connectivity index (χ3n) is 19.0. The van der Waals surface area contributed by atoms with E-state index < -0.39 is 0 Å². The number of Topliss-reactive ketones (excluding diaryl/α,β-unsaturated/α-hetero) is 1. The molecule has 0 aromatic heterocycles. The smallest absolute Gasteiger partial charge is 0.219 e. The second-order valence-electron chi connectivity index (χ2n) is 26.3. The van der Waals surface area contributed by atoms with Gasteiger partial charge in [-0.25, -0.2) is 0 Å². The van der Waals surface area contributed by atoms with Gasteiger partial charge < -0.3 is 29.0 Å². The number of benzene rings is 9. The molecule has 11 rings (SSSR count). The molecular weight excluding hydrogens is 1180 g/mol. The largest absolute Gasteiger partial charge is 0.871 e. The van der Waals surface area contributed by atoms with E-state index in [1.165, 1.54) is 51.4 Å². The van der Waals surface area contributed by atoms with E-state index in [9.17, 15) is 0 Å². The summed E-state index contributed by atoms with van der Waals surface area (Å²) in [5.41, 5.74) is 6.27. The predicted molar refractivity (Wildman–Crippen MR) is 402 cm³/mol. The molecule has 498 valence electrons. The van der Waals surface area contributed by atoms with Crippen molar-refractivity contribution in [3.05, 3.63) is 228 Å². The Hall–Kier alpha value is -8.88. The average molecular weight is 1280 g/mol. The van der Waals surface area contributed by atoms with Crippen molar-refractivity contribution >= 4 is 88.6 Å². The lowest BCUT2D eigenvalue weighted by Crippen LogP contribution is -2.33. The number of anilines is 3. The highest BCUT2D eigenvalue weighted by atomic mass is 16.5. The van der Waals surface area contributed by atoms with Crippen LogP contribution in [0.3, 0.4) is 0 Å². The van der Waals surface area contributed by atoms with Crippen LogP contribution >= 0.6 is 0 Å². The molecule has 9 aromatic carbocycles. The standard InChI is InChI=1S/C88H100N2O6/c1-5-9-13-17-21-33-53-93-79-61-77(89(73-49-45-65-37-25-29-41-69(65)57-73)74-50-46-66-38-26-30-42-70(66)58-74)62-80(94-54-34-22-18-14-10-6-2)83(79)85-87(91)86(88(85)92)84-81(95-55-35-23-19-15-11-7-3)63-78(64-82(84)96-56-36-24-20-16-12-8-4)90(75-51-47-67-39-27-31-43-71(67)59-75)76-52-48-68-40-28-32-44-72(68)60-76/h25-32,37-52,57-64H,5-24,33-36,53-56H2,1-4H3. The van der Waals surface area contributed by atoms with Crippen LogP contribution < -0.4 is 24.1 Å². The molecule has 0 atom stereocenters. The number of allylic oxidation sites excluding steroid dienone is 4. The molecule has 2 aliphatic carbocycles. The molecule has 0 bridgehead atoms. The van der Waals surface area contributed by atoms with Gasteiger partial charge in [-0.15, -0.1) is 0 Å². The maximum absolute atomic E-state index is 16.2. The molecule has 0 radical (unpaired) electrons. The van der Waals surface area contributed by atoms with E-state index in [1.807, 2.05) is 24.3 Å². The second-order valence-corrected chi connectivity index (χ2v) is 26.3. The second kappa shape index (κ2) is 35.2. The zero-order valence-corrected chi connectivity index (χ0v) is 57.6. The van der Waals surface area contributed by atoms with Crippen molar-refractivity contribution in [1.82, 2.24) is 4.58 Å². The first kappa shape index (κ1) is 68.5. The van der Waals surface area contributed by atoms with Crippen LogP contribution in [0.15, 0.2) is 223 Å². The maximum atomic E-state index is 16.2. The Kier molecular flexibility index (Phi) is 25.1. The zero-order valence-electron chi connectivity index (χ0n) is 57.6. The summed E-state index contributed by atoms with van der Waals surface area (Å²) in [4.78, 5) is 18.4. The van der Waals surface area contributed by atoms with Gasteiger partial charge in [0, 0.05) is 58.9 Å². The Morgan fingerprint density at radius 2 is 0.667 bits per heavy atom. The Morgan fingerprint density at radius 1 is 0.333 bits per heavy atom. The summed E-state index contributed by atoms with van der Waals surface area (Å²) in [7, 11) is 0. The van der Waals surface area contributed by atoms with Crippen LogP contribution in [0.2, 0.25) is 0 Å². The summed E-state index contributed by atoms with van der Waals surface area (Å²) in [6.07, 6.45) is 29.9. The molecule has 9 aromatic rings. The fraction of sp³-hybridized carbons (Fsp3) is 0.364. The molecule has 0 spiro atoms. The average Bonchev–Trinajstić information content (AvgIpc) is 0.732. The van der Waals surface area contributed by atoms with Crippen molar-refractivity contribution in [3.63, 3.8) is 0 Å². The summed E-state index contributed by atoms with van der Waals surface area (Å²) in [6.45, 7) is 10.6. The maximum Gasteiger partial charge on any atom is 0.219 e. The topological polar surface area (TPSA) is 83.3 Å². The van der Waals surface area contributed by atoms with E-state index in [-0.39, 0.29) is 22.7 Å². The molecule has 0 saturated carbocycles. The summed E-state index contributed by atoms with van der Waals surface area (Å²) in [5, 5.41) is 25.2. The van der Waals surface area contributed by atoms with Crippen LogP contribution in [0.1, 0.15) is 187 Å². The first-order valence-corrected chi connectivity index (χ1v) is 36.6. The summed E-state index contributed by atoms with van der Waals surface area (Å²) in [5.74, 6) is 0.999. The van der Waals surface area contributed by atoms with E-state index in [0.29, 0.717) is 60.6 Å². The van der Waals surface area contributed by atoms with Gasteiger partial charge in [0.05, 0.1) is 55.4 Å². The SMILES string of the molecule is CCCCCCCCOC1=CC(=[N+](c2ccc3ccccc3c2)c2ccc3ccccc3c2)C=C(OCCCCCCCC)C1=C1C(=O)C(c2c(OCCCCCCCC)cc(N(c3ccc4ccccc4c3)c3ccc4ccccc4c3)cc2OCCCCCCCC)=C1[O-]. The first-order valence-electron chi connectivity index (χ1n) is 36.6. The van der Waals surface area contributed by atoms with Crippen LogP contribution in [0.5, 0.6) is 11.5 Å². The minimum absolute atomic E-state index is 0.0529. The van der Waals surface area contributed by atoms with Gasteiger partial charge in [-0.2, -0.15) is 4.58 Å². The quantitative estimate of drug-likeness (QED) is 0.0217. The van der Waals surface area contributed by atoms with Crippen molar-refractivity contribution in [2.24, 2.45) is 0 Å². The number of nitrogens with zero attached hydrogens (tertiary/aromatic N) is 2. The van der Waals surface area contributed by atoms with Crippen molar-refractivity contribution in [2.75, 3.05) is 31.3 Å². The molecular formula is C88H100N2O6. The van der Waals surface area contributed by atoms with Gasteiger partial charge >= 0.3 is 0 Å². The van der Waals surface area contributed by atoms with Gasteiger partial charge in [0.1, 0.15) is 23.0 Å². The minimum atomic E-state index is -0.384. The number of ether oxygens (including phenoxy) is 4. The number of hydrogen-bond donors (Lipinski definition) is 0. The Labute approximate surface area is 571 Å². The van der Waals surface area contributed by atoms with E-state index in [1.54, 1.807) is 0 Å². The number of hydrogen-bond acceptors (Lipinski definition) is 7. The van der Waals surface area contributed by atoms with Gasteiger partial charge in [-0.3, -0.25) is 4.79 Å². The van der Waals surface area contributed by atoms with Crippen molar-refractivity contribution in [3.8, 4) is 11.5 Å². The van der Waals surface area contributed by atoms with Gasteiger partial charge in [0.25, 0.3) is 0 Å². The number of carbonyl (C=O) groups excluding carboxylic acids is 1. The molecule has 0 unspecified atom stereocenters. The van der Waals surface area contributed by atoms with Crippen molar-refractivity contribution in [1.29, 1.82) is 0 Å². The highest BCUT2D eigenvalue weighted by molar-refractivity contribution is 6.40. The predicted octanol–water partition coefficient (Wildman–Crippen LogP) is 23.7. The van der Waals surface area contributed by atoms with E-state index >= 15 is 9.90 Å². The lowest BCUT2D eigenvalue weighted by Gasteiger charge is -2.36. The number of rotatable bonds is 38. The summed E-state index contributed by atoms with van der Waals surface area (Å²) < 4.78 is 30.6. The van der Waals surface area contributed by atoms with Crippen molar-refractivity contribution < 1.29 is 28.8 Å². The summed E-state index contributed by atoms with van der Waals surface area (Å²) >= 11 is 0. The van der Waals surface area contributed by atoms with Gasteiger partial charge in [0.2, 0.25) is 17.1 Å². The van der Waals surface area contributed by atoms with Crippen LogP contribution in [0.4, 0.5) is 28.4 Å². The highest BCUT2D eigenvalue weighted by Crippen LogP contribution is 2.51. The number of carbonyl (C=O) groups is 1. The van der Waals surface area contributed by atoms with Gasteiger partial charge in [-0.05, 0) is 105 Å². The third kappa shape index (κ3) is 17.2. The Bertz CT molecular complexity index is 4020. The van der Waals surface area contributed by atoms with Crippen LogP contribution in [0.25, 0.3) is 48.7 Å². The van der Waals surface area contributed by atoms with Gasteiger partial charge in [-0.1, -0.05) is 271 Å². The van der Waals surface area contributed by atoms with E-state index in [2.05, 4.69) is 207 Å². The molecule has 8 nitrogen and oxygen atoms in total. The number of ketones is 1. The molecule has 2 aliphatic rings. The van der Waals surface area contributed by atoms with Crippen LogP contribution in [-0.4, -0.2) is 37.9 Å². The molecule has 0 aliphatic heterocycles. The van der Waals surface area contributed by atoms with E-state index in [4.69, 9.17) is 18.9 Å². The Morgan fingerprint density at radius 3 is 1.04 bits per heavy atom. The van der Waals surface area contributed by atoms with Gasteiger partial charge in [0.15, 0.2) is 5.78 Å². The third-order valence-corrected chi connectivity index (χ3v) is 19.0. The molecule has 0 saturated heterocycles. The number of fused-ring (bicyclic) bond motifs is 4. The van der Waals surface area contributed by atoms with Crippen molar-refractivity contribution in [2.45, 2.75) is 182 Å². The molecule has 0 heterocycles. The molecule has 0 N–H and O–H groups in total. The van der Waals surface area contributed by atoms with E-state index in [0.717, 1.165) is 180 Å². The normalized spacial score (nSPS) is 13.2. The number of unbranched alkanes of at least 4 members (excludes halogenated alkanes) is 20. The molecule has 0 fully saturated rings. The summed E-state index contributed by atoms with van der Waals surface area (Å²) in [6, 6.07) is 64.1. The first-order chi connectivity index (χ1) is 47.3. The lowest BCUT2D eigenvalue weighted by molar-refractivity contribution is -0.297.